The van der Waals surface area contributed by atoms with Crippen LogP contribution in [0.4, 0.5) is 0 Å². The maximum absolute atomic E-state index is 11.5. The topological polar surface area (TPSA) is 119 Å². The van der Waals surface area contributed by atoms with E-state index in [0.717, 1.165) is 10.5 Å². The lowest BCUT2D eigenvalue weighted by atomic mass is 10.2. The van der Waals surface area contributed by atoms with E-state index >= 15 is 0 Å². The number of hydrogen-bond donors (Lipinski definition) is 4. The summed E-state index contributed by atoms with van der Waals surface area (Å²) in [5.74, 6) is -1.43. The average molecular weight is 281 g/mol. The highest BCUT2D eigenvalue weighted by atomic mass is 32.2. The number of carbonyl (C=O) groups is 2. The minimum absolute atomic E-state index is 0.193. The lowest BCUT2D eigenvalue weighted by Crippen LogP contribution is -2.34. The molecule has 1 aliphatic rings. The van der Waals surface area contributed by atoms with Crippen LogP contribution in [0.3, 0.4) is 0 Å². The third-order valence-corrected chi connectivity index (χ3v) is 5.75. The van der Waals surface area contributed by atoms with Crippen molar-refractivity contribution in [3.8, 4) is 0 Å². The number of carbonyl (C=O) groups excluding carboxylic acids is 1. The highest BCUT2D eigenvalue weighted by Gasteiger charge is 2.30. The Morgan fingerprint density at radius 2 is 2.21 bits per heavy atom. The molecule has 1 aromatic heterocycles. The summed E-state index contributed by atoms with van der Waals surface area (Å²) in [5, 5.41) is 8.92. The van der Waals surface area contributed by atoms with Gasteiger partial charge in [0.1, 0.15) is 6.04 Å². The number of aliphatic carboxylic acids is 1. The van der Waals surface area contributed by atoms with E-state index in [1.54, 1.807) is 12.3 Å². The standard InChI is InChI=1S/C12H15N3O3S/c1-6-2-3-15-8-4-9(11(14)16)19(10(6)8)5-7(13)12(17)18/h2-4,7,19H,5,13H2,1H3,(H2,14,16)(H,17,18)/t7-/m0/s1. The van der Waals surface area contributed by atoms with Gasteiger partial charge >= 0.3 is 5.97 Å². The predicted octanol–water partition coefficient (Wildman–Crippen LogP) is 0.00182. The zero-order valence-corrected chi connectivity index (χ0v) is 11.2. The van der Waals surface area contributed by atoms with Crippen molar-refractivity contribution in [3.05, 3.63) is 28.4 Å². The summed E-state index contributed by atoms with van der Waals surface area (Å²) < 4.78 is 0. The SMILES string of the molecule is Cc1ccnc2c1[SH](C[C@H](N)C(=O)O)C(C(N)=O)=C2. The number of fused-ring (bicyclic) bond motifs is 1. The van der Waals surface area contributed by atoms with Gasteiger partial charge in [-0.2, -0.15) is 10.9 Å². The van der Waals surface area contributed by atoms with E-state index in [1.165, 1.54) is 0 Å². The number of aromatic nitrogens is 1. The highest BCUT2D eigenvalue weighted by Crippen LogP contribution is 2.52. The Balaban J connectivity index is 2.42. The molecule has 1 amide bonds. The van der Waals surface area contributed by atoms with Gasteiger partial charge in [0.15, 0.2) is 0 Å². The van der Waals surface area contributed by atoms with Gasteiger partial charge in [-0.05, 0) is 24.6 Å². The van der Waals surface area contributed by atoms with E-state index in [1.807, 2.05) is 13.0 Å². The molecule has 0 bridgehead atoms. The summed E-state index contributed by atoms with van der Waals surface area (Å²) in [6.45, 7) is 1.90. The number of carboxylic acids is 1. The average Bonchev–Trinajstić information content (AvgIpc) is 2.69. The molecular formula is C12H15N3O3S. The second-order valence-corrected chi connectivity index (χ2v) is 6.46. The molecule has 2 heterocycles. The minimum atomic E-state index is -1.14. The molecule has 0 radical (unpaired) electrons. The van der Waals surface area contributed by atoms with Crippen molar-refractivity contribution in [2.75, 3.05) is 5.75 Å². The predicted molar refractivity (Wildman–Crippen MR) is 73.9 cm³/mol. The fourth-order valence-corrected chi connectivity index (χ4v) is 4.64. The molecule has 1 aromatic rings. The van der Waals surface area contributed by atoms with Gasteiger partial charge in [-0.1, -0.05) is 0 Å². The fraction of sp³-hybridized carbons (Fsp3) is 0.250. The Labute approximate surface area is 112 Å². The number of nitrogens with two attached hydrogens (primary N) is 2. The van der Waals surface area contributed by atoms with Crippen molar-refractivity contribution in [1.29, 1.82) is 0 Å². The van der Waals surface area contributed by atoms with Crippen molar-refractivity contribution in [2.45, 2.75) is 17.9 Å². The van der Waals surface area contributed by atoms with Crippen LogP contribution in [0.2, 0.25) is 0 Å². The lowest BCUT2D eigenvalue weighted by Gasteiger charge is -2.22. The normalized spacial score (nSPS) is 20.5. The quantitative estimate of drug-likeness (QED) is 0.579. The molecule has 0 aliphatic carbocycles. The second kappa shape index (κ2) is 5.02. The molecule has 0 saturated heterocycles. The number of pyridine rings is 1. The minimum Gasteiger partial charge on any atom is -0.480 e. The van der Waals surface area contributed by atoms with Crippen LogP contribution in [-0.2, 0) is 9.59 Å². The van der Waals surface area contributed by atoms with E-state index in [4.69, 9.17) is 16.6 Å². The van der Waals surface area contributed by atoms with Gasteiger partial charge in [-0.3, -0.25) is 14.6 Å². The fourth-order valence-electron chi connectivity index (χ4n) is 2.02. The van der Waals surface area contributed by atoms with Crippen molar-refractivity contribution in [2.24, 2.45) is 11.5 Å². The Kier molecular flexibility index (Phi) is 3.59. The van der Waals surface area contributed by atoms with Gasteiger partial charge in [-0.15, -0.1) is 0 Å². The van der Waals surface area contributed by atoms with E-state index in [-0.39, 0.29) is 5.75 Å². The summed E-state index contributed by atoms with van der Waals surface area (Å²) in [6, 6.07) is 0.817. The van der Waals surface area contributed by atoms with Crippen LogP contribution < -0.4 is 11.5 Å². The Morgan fingerprint density at radius 3 is 2.79 bits per heavy atom. The number of amides is 1. The molecule has 1 unspecified atom stereocenters. The summed E-state index contributed by atoms with van der Waals surface area (Å²) in [5.41, 5.74) is 12.6. The summed E-state index contributed by atoms with van der Waals surface area (Å²) in [6.07, 6.45) is 3.30. The van der Waals surface area contributed by atoms with Crippen molar-refractivity contribution in [1.82, 2.24) is 4.98 Å². The van der Waals surface area contributed by atoms with Gasteiger partial charge < -0.3 is 16.6 Å². The number of aryl methyl sites for hydroxylation is 1. The molecule has 6 nitrogen and oxygen atoms in total. The smallest absolute Gasteiger partial charge is 0.321 e. The first-order chi connectivity index (χ1) is 8.91. The van der Waals surface area contributed by atoms with Crippen molar-refractivity contribution < 1.29 is 14.7 Å². The summed E-state index contributed by atoms with van der Waals surface area (Å²) in [4.78, 5) is 27.9. The third kappa shape index (κ3) is 2.47. The van der Waals surface area contributed by atoms with Crippen LogP contribution in [0.1, 0.15) is 11.3 Å². The van der Waals surface area contributed by atoms with Gasteiger partial charge in [0.2, 0.25) is 0 Å². The first-order valence-electron chi connectivity index (χ1n) is 5.65. The van der Waals surface area contributed by atoms with Gasteiger partial charge in [0, 0.05) is 16.8 Å². The third-order valence-electron chi connectivity index (χ3n) is 2.94. The van der Waals surface area contributed by atoms with E-state index in [2.05, 4.69) is 4.98 Å². The Morgan fingerprint density at radius 1 is 1.53 bits per heavy atom. The van der Waals surface area contributed by atoms with Crippen LogP contribution in [0, 0.1) is 6.92 Å². The van der Waals surface area contributed by atoms with Crippen LogP contribution in [0.5, 0.6) is 0 Å². The maximum atomic E-state index is 11.5. The number of rotatable bonds is 4. The second-order valence-electron chi connectivity index (χ2n) is 4.31. The number of primary amides is 1. The van der Waals surface area contributed by atoms with Crippen LogP contribution in [-0.4, -0.2) is 33.8 Å². The number of thiol groups is 1. The molecule has 0 spiro atoms. The molecule has 2 atom stereocenters. The largest absolute Gasteiger partial charge is 0.480 e. The summed E-state index contributed by atoms with van der Waals surface area (Å²) >= 11 is 0. The van der Waals surface area contributed by atoms with E-state index < -0.39 is 28.8 Å². The molecule has 0 aromatic carbocycles. The zero-order chi connectivity index (χ0) is 14.2. The van der Waals surface area contributed by atoms with E-state index in [9.17, 15) is 9.59 Å². The molecule has 102 valence electrons. The van der Waals surface area contributed by atoms with Gasteiger partial charge in [0.25, 0.3) is 5.91 Å². The number of hydrogen-bond acceptors (Lipinski definition) is 4. The molecule has 1 aliphatic heterocycles. The van der Waals surface area contributed by atoms with E-state index in [0.29, 0.717) is 10.6 Å². The molecule has 2 rings (SSSR count). The van der Waals surface area contributed by atoms with Gasteiger partial charge in [-0.25, -0.2) is 0 Å². The first-order valence-corrected chi connectivity index (χ1v) is 7.17. The van der Waals surface area contributed by atoms with Gasteiger partial charge in [0.05, 0.1) is 10.6 Å². The number of carboxylic acid groups (broad SMARTS) is 1. The monoisotopic (exact) mass is 281 g/mol. The highest BCUT2D eigenvalue weighted by molar-refractivity contribution is 8.21. The molecule has 19 heavy (non-hydrogen) atoms. The van der Waals surface area contributed by atoms with Crippen LogP contribution in [0.25, 0.3) is 6.08 Å². The Bertz CT molecular complexity index is 586. The molecule has 0 saturated carbocycles. The zero-order valence-electron chi connectivity index (χ0n) is 10.3. The van der Waals surface area contributed by atoms with Crippen LogP contribution >= 0.6 is 10.9 Å². The first kappa shape index (κ1) is 13.6. The van der Waals surface area contributed by atoms with Crippen LogP contribution in [0.15, 0.2) is 22.1 Å². The molecular weight excluding hydrogens is 266 g/mol. The molecule has 5 N–H and O–H groups in total. The Hall–Kier alpha value is -1.86. The lowest BCUT2D eigenvalue weighted by molar-refractivity contribution is -0.137. The number of nitrogens with zero attached hydrogens (tertiary/aromatic N) is 1. The molecule has 0 fully saturated rings. The van der Waals surface area contributed by atoms with Crippen molar-refractivity contribution >= 4 is 28.8 Å². The maximum Gasteiger partial charge on any atom is 0.321 e. The van der Waals surface area contributed by atoms with Crippen molar-refractivity contribution in [3.63, 3.8) is 0 Å². The summed E-state index contributed by atoms with van der Waals surface area (Å²) in [7, 11) is -1.14. The molecule has 7 heteroatoms.